The molecule has 0 spiro atoms. The van der Waals surface area contributed by atoms with Crippen LogP contribution < -0.4 is 14.8 Å². The number of benzene rings is 2. The van der Waals surface area contributed by atoms with Crippen molar-refractivity contribution in [2.45, 2.75) is 25.9 Å². The predicted molar refractivity (Wildman–Crippen MR) is 110 cm³/mol. The van der Waals surface area contributed by atoms with Gasteiger partial charge in [0.15, 0.2) is 22.7 Å². The fourth-order valence-corrected chi connectivity index (χ4v) is 4.55. The largest absolute Gasteiger partial charge is 0.454 e. The molecule has 0 aliphatic carbocycles. The Bertz CT molecular complexity index is 1160. The van der Waals surface area contributed by atoms with Gasteiger partial charge in [-0.25, -0.2) is 9.78 Å². The third-order valence-corrected chi connectivity index (χ3v) is 6.18. The molecule has 0 unspecified atom stereocenters. The number of carbonyl (C=O) groups is 2. The van der Waals surface area contributed by atoms with E-state index in [1.807, 2.05) is 37.3 Å². The lowest BCUT2D eigenvalue weighted by Gasteiger charge is -2.23. The summed E-state index contributed by atoms with van der Waals surface area (Å²) in [6.07, 6.45) is 0.151. The second-order valence-corrected chi connectivity index (χ2v) is 8.22. The Balaban J connectivity index is 1.28. The molecular formula is C22H18N2O5S. The van der Waals surface area contributed by atoms with Gasteiger partial charge in [-0.2, -0.15) is 0 Å². The van der Waals surface area contributed by atoms with E-state index >= 15 is 0 Å². The minimum Gasteiger partial charge on any atom is -0.454 e. The first-order valence-electron chi connectivity index (χ1n) is 9.51. The Hall–Kier alpha value is -3.39. The zero-order chi connectivity index (χ0) is 20.7. The van der Waals surface area contributed by atoms with Crippen molar-refractivity contribution in [3.8, 4) is 11.5 Å². The van der Waals surface area contributed by atoms with Crippen LogP contribution in [-0.4, -0.2) is 29.8 Å². The zero-order valence-corrected chi connectivity index (χ0v) is 17.0. The summed E-state index contributed by atoms with van der Waals surface area (Å²) in [7, 11) is 0. The first kappa shape index (κ1) is 18.6. The lowest BCUT2D eigenvalue weighted by Crippen LogP contribution is -2.37. The fourth-order valence-electron chi connectivity index (χ4n) is 3.55. The molecule has 1 atom stereocenters. The van der Waals surface area contributed by atoms with Crippen LogP contribution in [0.25, 0.3) is 0 Å². The Kier molecular flexibility index (Phi) is 4.63. The van der Waals surface area contributed by atoms with Crippen molar-refractivity contribution in [1.82, 2.24) is 4.98 Å². The van der Waals surface area contributed by atoms with Gasteiger partial charge >= 0.3 is 5.97 Å². The SMILES string of the molecule is Cc1nc(NC(=O)[C@@H]2Cc3ccccc3C(=O)O2)sc1Cc1ccc2c(c1)OCO2. The molecule has 30 heavy (non-hydrogen) atoms. The van der Waals surface area contributed by atoms with E-state index in [9.17, 15) is 9.59 Å². The zero-order valence-electron chi connectivity index (χ0n) is 16.1. The number of rotatable bonds is 4. The molecule has 1 amide bonds. The van der Waals surface area contributed by atoms with E-state index in [1.165, 1.54) is 11.3 Å². The molecule has 3 heterocycles. The number of aryl methyl sites for hydroxylation is 1. The maximum Gasteiger partial charge on any atom is 0.339 e. The number of hydrogen-bond acceptors (Lipinski definition) is 7. The van der Waals surface area contributed by atoms with Gasteiger partial charge in [-0.05, 0) is 36.2 Å². The highest BCUT2D eigenvalue weighted by atomic mass is 32.1. The smallest absolute Gasteiger partial charge is 0.339 e. The van der Waals surface area contributed by atoms with Gasteiger partial charge in [0.1, 0.15) is 0 Å². The van der Waals surface area contributed by atoms with Gasteiger partial charge in [-0.15, -0.1) is 11.3 Å². The number of ether oxygens (including phenoxy) is 3. The summed E-state index contributed by atoms with van der Waals surface area (Å²) in [5, 5.41) is 3.29. The van der Waals surface area contributed by atoms with Crippen LogP contribution in [0.5, 0.6) is 11.5 Å². The van der Waals surface area contributed by atoms with Gasteiger partial charge in [0.05, 0.1) is 11.3 Å². The van der Waals surface area contributed by atoms with E-state index in [4.69, 9.17) is 14.2 Å². The van der Waals surface area contributed by atoms with Crippen molar-refractivity contribution in [3.05, 3.63) is 69.7 Å². The quantitative estimate of drug-likeness (QED) is 0.648. The summed E-state index contributed by atoms with van der Waals surface area (Å²) in [4.78, 5) is 30.3. The van der Waals surface area contributed by atoms with E-state index in [0.29, 0.717) is 23.5 Å². The Labute approximate surface area is 176 Å². The van der Waals surface area contributed by atoms with E-state index < -0.39 is 12.1 Å². The van der Waals surface area contributed by atoms with Gasteiger partial charge in [0.25, 0.3) is 5.91 Å². The molecule has 3 aromatic rings. The number of fused-ring (bicyclic) bond motifs is 2. The lowest BCUT2D eigenvalue weighted by atomic mass is 9.98. The predicted octanol–water partition coefficient (Wildman–Crippen LogP) is 3.49. The molecule has 1 aromatic heterocycles. The molecule has 1 N–H and O–H groups in total. The number of anilines is 1. The number of nitrogens with one attached hydrogen (secondary N) is 1. The normalized spacial score (nSPS) is 16.7. The molecule has 8 heteroatoms. The van der Waals surface area contributed by atoms with Crippen LogP contribution in [0, 0.1) is 6.92 Å². The molecule has 0 saturated heterocycles. The second kappa shape index (κ2) is 7.46. The number of thiazole rings is 1. The minimum absolute atomic E-state index is 0.241. The number of cyclic esters (lactones) is 1. The Morgan fingerprint density at radius 2 is 2.03 bits per heavy atom. The first-order chi connectivity index (χ1) is 14.6. The topological polar surface area (TPSA) is 86.8 Å². The van der Waals surface area contributed by atoms with Crippen LogP contribution in [0.4, 0.5) is 5.13 Å². The molecule has 0 saturated carbocycles. The van der Waals surface area contributed by atoms with E-state index in [2.05, 4.69) is 10.3 Å². The summed E-state index contributed by atoms with van der Waals surface area (Å²) in [6, 6.07) is 13.0. The number of aromatic nitrogens is 1. The standard InChI is InChI=1S/C22H18N2O5S/c1-12-19(9-13-6-7-16-17(8-13)28-11-27-16)30-22(23-12)24-20(25)18-10-14-4-2-3-5-15(14)21(26)29-18/h2-8,18H,9-11H2,1H3,(H,23,24,25)/t18-/m0/s1. The Morgan fingerprint density at radius 3 is 2.93 bits per heavy atom. The Morgan fingerprint density at radius 1 is 1.20 bits per heavy atom. The molecule has 152 valence electrons. The van der Waals surface area contributed by atoms with Crippen LogP contribution in [0.3, 0.4) is 0 Å². The van der Waals surface area contributed by atoms with Crippen LogP contribution in [0.1, 0.15) is 32.1 Å². The van der Waals surface area contributed by atoms with Gasteiger partial charge in [0.2, 0.25) is 6.79 Å². The van der Waals surface area contributed by atoms with Crippen LogP contribution >= 0.6 is 11.3 Å². The van der Waals surface area contributed by atoms with Gasteiger partial charge in [-0.3, -0.25) is 10.1 Å². The van der Waals surface area contributed by atoms with E-state index in [1.54, 1.807) is 12.1 Å². The number of amides is 1. The molecule has 2 aromatic carbocycles. The average Bonchev–Trinajstić information content (AvgIpc) is 3.34. The van der Waals surface area contributed by atoms with Gasteiger partial charge < -0.3 is 14.2 Å². The number of carbonyl (C=O) groups excluding carboxylic acids is 2. The van der Waals surface area contributed by atoms with Crippen LogP contribution in [0.15, 0.2) is 42.5 Å². The average molecular weight is 422 g/mol. The number of esters is 1. The van der Waals surface area contributed by atoms with Gasteiger partial charge in [-0.1, -0.05) is 24.3 Å². The minimum atomic E-state index is -0.867. The lowest BCUT2D eigenvalue weighted by molar-refractivity contribution is -0.125. The third-order valence-electron chi connectivity index (χ3n) is 5.11. The summed E-state index contributed by atoms with van der Waals surface area (Å²) in [6.45, 7) is 2.15. The molecule has 5 rings (SSSR count). The van der Waals surface area contributed by atoms with Crippen molar-refractivity contribution >= 4 is 28.3 Å². The summed E-state index contributed by atoms with van der Waals surface area (Å²) < 4.78 is 16.1. The first-order valence-corrected chi connectivity index (χ1v) is 10.3. The monoisotopic (exact) mass is 422 g/mol. The summed E-state index contributed by atoms with van der Waals surface area (Å²) >= 11 is 1.41. The molecule has 0 radical (unpaired) electrons. The fraction of sp³-hybridized carbons (Fsp3) is 0.227. The maximum absolute atomic E-state index is 12.7. The van der Waals surface area contributed by atoms with E-state index in [-0.39, 0.29) is 12.7 Å². The van der Waals surface area contributed by atoms with Crippen LogP contribution in [0.2, 0.25) is 0 Å². The van der Waals surface area contributed by atoms with Crippen molar-refractivity contribution < 1.29 is 23.8 Å². The van der Waals surface area contributed by atoms with E-state index in [0.717, 1.165) is 33.2 Å². The molecule has 0 fully saturated rings. The van der Waals surface area contributed by atoms with Crippen molar-refractivity contribution in [2.24, 2.45) is 0 Å². The molecule has 0 bridgehead atoms. The molecule has 2 aliphatic rings. The third kappa shape index (κ3) is 3.50. The van der Waals surface area contributed by atoms with Crippen LogP contribution in [-0.2, 0) is 22.4 Å². The molecule has 2 aliphatic heterocycles. The highest BCUT2D eigenvalue weighted by Crippen LogP contribution is 2.34. The summed E-state index contributed by atoms with van der Waals surface area (Å²) in [5.41, 5.74) is 3.24. The maximum atomic E-state index is 12.7. The number of hydrogen-bond donors (Lipinski definition) is 1. The van der Waals surface area contributed by atoms with Crippen molar-refractivity contribution in [3.63, 3.8) is 0 Å². The molecular weight excluding hydrogens is 404 g/mol. The summed E-state index contributed by atoms with van der Waals surface area (Å²) in [5.74, 6) is 0.635. The highest BCUT2D eigenvalue weighted by molar-refractivity contribution is 7.15. The second-order valence-electron chi connectivity index (χ2n) is 7.14. The van der Waals surface area contributed by atoms with Gasteiger partial charge in [0, 0.05) is 17.7 Å². The number of nitrogens with zero attached hydrogens (tertiary/aromatic N) is 1. The van der Waals surface area contributed by atoms with Crippen molar-refractivity contribution in [2.75, 3.05) is 12.1 Å². The highest BCUT2D eigenvalue weighted by Gasteiger charge is 2.31. The molecule has 7 nitrogen and oxygen atoms in total. The van der Waals surface area contributed by atoms with Crippen molar-refractivity contribution in [1.29, 1.82) is 0 Å².